The van der Waals surface area contributed by atoms with Crippen molar-refractivity contribution in [2.24, 2.45) is 0 Å². The minimum absolute atomic E-state index is 0.617. The Hall–Kier alpha value is -1.80. The molecule has 1 N–H and O–H groups in total. The van der Waals surface area contributed by atoms with Gasteiger partial charge in [-0.2, -0.15) is 0 Å². The molecule has 0 aromatic heterocycles. The van der Waals surface area contributed by atoms with Crippen LogP contribution in [0.15, 0.2) is 54.6 Å². The van der Waals surface area contributed by atoms with E-state index in [0.717, 1.165) is 12.3 Å². The molecule has 0 aliphatic rings. The lowest BCUT2D eigenvalue weighted by molar-refractivity contribution is 0.306. The van der Waals surface area contributed by atoms with Crippen molar-refractivity contribution in [2.45, 2.75) is 13.2 Å². The zero-order chi connectivity index (χ0) is 11.9. The van der Waals surface area contributed by atoms with Gasteiger partial charge in [0.15, 0.2) is 0 Å². The summed E-state index contributed by atoms with van der Waals surface area (Å²) in [6.45, 7) is 1.51. The number of ether oxygens (including phenoxy) is 1. The minimum Gasteiger partial charge on any atom is -0.489 e. The topological polar surface area (TPSA) is 21.3 Å². The van der Waals surface area contributed by atoms with Crippen LogP contribution in [0.2, 0.25) is 0 Å². The highest BCUT2D eigenvalue weighted by atomic mass is 16.5. The Labute approximate surface area is 102 Å². The second-order valence-electron chi connectivity index (χ2n) is 3.95. The zero-order valence-electron chi connectivity index (χ0n) is 10.0. The zero-order valence-corrected chi connectivity index (χ0v) is 10.0. The summed E-state index contributed by atoms with van der Waals surface area (Å²) in [5, 5.41) is 3.12. The molecule has 88 valence electrons. The molecule has 2 rings (SSSR count). The van der Waals surface area contributed by atoms with E-state index >= 15 is 0 Å². The van der Waals surface area contributed by atoms with Gasteiger partial charge in [-0.15, -0.1) is 0 Å². The second kappa shape index (κ2) is 6.06. The molecule has 0 fully saturated rings. The predicted molar refractivity (Wildman–Crippen MR) is 70.0 cm³/mol. The van der Waals surface area contributed by atoms with Gasteiger partial charge in [-0.3, -0.25) is 0 Å². The first kappa shape index (κ1) is 11.7. The first-order valence-corrected chi connectivity index (χ1v) is 5.79. The molecule has 2 aromatic carbocycles. The van der Waals surface area contributed by atoms with Gasteiger partial charge in [0.2, 0.25) is 0 Å². The Morgan fingerprint density at radius 2 is 1.59 bits per heavy atom. The molecule has 0 spiro atoms. The number of hydrogen-bond acceptors (Lipinski definition) is 2. The van der Waals surface area contributed by atoms with E-state index in [2.05, 4.69) is 29.6 Å². The fourth-order valence-electron chi connectivity index (χ4n) is 1.65. The number of rotatable bonds is 5. The van der Waals surface area contributed by atoms with Crippen molar-refractivity contribution in [2.75, 3.05) is 7.05 Å². The van der Waals surface area contributed by atoms with E-state index in [0.29, 0.717) is 6.61 Å². The molecule has 0 heterocycles. The summed E-state index contributed by atoms with van der Waals surface area (Å²) < 4.78 is 5.70. The Morgan fingerprint density at radius 1 is 0.882 bits per heavy atom. The van der Waals surface area contributed by atoms with Crippen molar-refractivity contribution in [1.29, 1.82) is 0 Å². The lowest BCUT2D eigenvalue weighted by Crippen LogP contribution is -2.04. The highest BCUT2D eigenvalue weighted by molar-refractivity contribution is 5.27. The molecule has 2 heteroatoms. The predicted octanol–water partition coefficient (Wildman–Crippen LogP) is 2.99. The molecule has 2 aromatic rings. The summed E-state index contributed by atoms with van der Waals surface area (Å²) in [6.07, 6.45) is 0. The third-order valence-electron chi connectivity index (χ3n) is 2.55. The first-order valence-electron chi connectivity index (χ1n) is 5.79. The number of benzene rings is 2. The van der Waals surface area contributed by atoms with Crippen molar-refractivity contribution in [3.8, 4) is 5.75 Å². The maximum Gasteiger partial charge on any atom is 0.119 e. The van der Waals surface area contributed by atoms with Crippen molar-refractivity contribution in [1.82, 2.24) is 5.32 Å². The SMILES string of the molecule is CNCc1ccc(OCc2ccccc2)cc1. The molecule has 17 heavy (non-hydrogen) atoms. The summed E-state index contributed by atoms with van der Waals surface area (Å²) in [7, 11) is 1.94. The molecule has 0 atom stereocenters. The van der Waals surface area contributed by atoms with Gasteiger partial charge in [0.1, 0.15) is 12.4 Å². The average molecular weight is 227 g/mol. The van der Waals surface area contributed by atoms with Gasteiger partial charge in [-0.25, -0.2) is 0 Å². The Balaban J connectivity index is 1.91. The van der Waals surface area contributed by atoms with E-state index in [1.54, 1.807) is 0 Å². The Morgan fingerprint density at radius 3 is 2.24 bits per heavy atom. The van der Waals surface area contributed by atoms with Crippen LogP contribution < -0.4 is 10.1 Å². The van der Waals surface area contributed by atoms with Gasteiger partial charge in [0.25, 0.3) is 0 Å². The summed E-state index contributed by atoms with van der Waals surface area (Å²) in [6, 6.07) is 18.4. The molecule has 0 amide bonds. The van der Waals surface area contributed by atoms with Gasteiger partial charge < -0.3 is 10.1 Å². The van der Waals surface area contributed by atoms with Gasteiger partial charge in [0.05, 0.1) is 0 Å². The third-order valence-corrected chi connectivity index (χ3v) is 2.55. The summed E-state index contributed by atoms with van der Waals surface area (Å²) in [5.74, 6) is 0.911. The van der Waals surface area contributed by atoms with Gasteiger partial charge in [-0.05, 0) is 30.3 Å². The summed E-state index contributed by atoms with van der Waals surface area (Å²) in [5.41, 5.74) is 2.45. The second-order valence-corrected chi connectivity index (χ2v) is 3.95. The molecule has 0 unspecified atom stereocenters. The summed E-state index contributed by atoms with van der Waals surface area (Å²) >= 11 is 0. The number of hydrogen-bond donors (Lipinski definition) is 1. The van der Waals surface area contributed by atoms with Crippen LogP contribution in [-0.4, -0.2) is 7.05 Å². The van der Waals surface area contributed by atoms with Crippen LogP contribution >= 0.6 is 0 Å². The normalized spacial score (nSPS) is 10.2. The van der Waals surface area contributed by atoms with Crippen LogP contribution in [0.1, 0.15) is 11.1 Å². The van der Waals surface area contributed by atoms with Crippen molar-refractivity contribution < 1.29 is 4.74 Å². The molecular formula is C15H17NO. The average Bonchev–Trinajstić information content (AvgIpc) is 2.40. The van der Waals surface area contributed by atoms with Crippen LogP contribution in [0.25, 0.3) is 0 Å². The monoisotopic (exact) mass is 227 g/mol. The standard InChI is InChI=1S/C15H17NO/c1-16-11-13-7-9-15(10-8-13)17-12-14-5-3-2-4-6-14/h2-10,16H,11-12H2,1H3. The van der Waals surface area contributed by atoms with E-state index < -0.39 is 0 Å². The maximum atomic E-state index is 5.70. The van der Waals surface area contributed by atoms with Crippen LogP contribution in [0.3, 0.4) is 0 Å². The van der Waals surface area contributed by atoms with Crippen LogP contribution in [-0.2, 0) is 13.2 Å². The molecule has 0 radical (unpaired) electrons. The molecule has 0 saturated carbocycles. The fourth-order valence-corrected chi connectivity index (χ4v) is 1.65. The van der Waals surface area contributed by atoms with Crippen molar-refractivity contribution in [3.63, 3.8) is 0 Å². The van der Waals surface area contributed by atoms with Crippen LogP contribution in [0.4, 0.5) is 0 Å². The fraction of sp³-hybridized carbons (Fsp3) is 0.200. The van der Waals surface area contributed by atoms with E-state index in [1.165, 1.54) is 11.1 Å². The van der Waals surface area contributed by atoms with E-state index in [4.69, 9.17) is 4.74 Å². The van der Waals surface area contributed by atoms with Crippen LogP contribution in [0.5, 0.6) is 5.75 Å². The highest BCUT2D eigenvalue weighted by Gasteiger charge is 1.96. The van der Waals surface area contributed by atoms with Gasteiger partial charge in [0, 0.05) is 6.54 Å². The molecule has 0 bridgehead atoms. The third kappa shape index (κ3) is 3.61. The largest absolute Gasteiger partial charge is 0.489 e. The van der Waals surface area contributed by atoms with E-state index in [1.807, 2.05) is 37.4 Å². The maximum absolute atomic E-state index is 5.70. The molecule has 0 aliphatic heterocycles. The smallest absolute Gasteiger partial charge is 0.119 e. The minimum atomic E-state index is 0.617. The Kier molecular flexibility index (Phi) is 4.17. The first-order chi connectivity index (χ1) is 8.38. The molecular weight excluding hydrogens is 210 g/mol. The summed E-state index contributed by atoms with van der Waals surface area (Å²) in [4.78, 5) is 0. The molecule has 0 aliphatic carbocycles. The van der Waals surface area contributed by atoms with Crippen molar-refractivity contribution in [3.05, 3.63) is 65.7 Å². The molecule has 0 saturated heterocycles. The van der Waals surface area contributed by atoms with Crippen LogP contribution in [0, 0.1) is 0 Å². The number of nitrogens with one attached hydrogen (secondary N) is 1. The van der Waals surface area contributed by atoms with Gasteiger partial charge in [-0.1, -0.05) is 42.5 Å². The van der Waals surface area contributed by atoms with E-state index in [9.17, 15) is 0 Å². The van der Waals surface area contributed by atoms with Crippen molar-refractivity contribution >= 4 is 0 Å². The van der Waals surface area contributed by atoms with Gasteiger partial charge >= 0.3 is 0 Å². The molecule has 2 nitrogen and oxygen atoms in total. The lowest BCUT2D eigenvalue weighted by Gasteiger charge is -2.07. The lowest BCUT2D eigenvalue weighted by atomic mass is 10.2. The Bertz CT molecular complexity index is 436. The van der Waals surface area contributed by atoms with E-state index in [-0.39, 0.29) is 0 Å². The quantitative estimate of drug-likeness (QED) is 0.848. The highest BCUT2D eigenvalue weighted by Crippen LogP contribution is 2.14.